The van der Waals surface area contributed by atoms with Crippen LogP contribution in [0.15, 0.2) is 42.5 Å². The van der Waals surface area contributed by atoms with Crippen LogP contribution in [0, 0.1) is 0 Å². The van der Waals surface area contributed by atoms with E-state index in [0.717, 1.165) is 17.8 Å². The van der Waals surface area contributed by atoms with Crippen LogP contribution >= 0.6 is 11.3 Å². The van der Waals surface area contributed by atoms with Crippen molar-refractivity contribution in [3.8, 4) is 17.2 Å². The number of hydrogen-bond acceptors (Lipinski definition) is 7. The second-order valence-corrected chi connectivity index (χ2v) is 6.92. The van der Waals surface area contributed by atoms with Gasteiger partial charge in [-0.25, -0.2) is 0 Å². The lowest BCUT2D eigenvalue weighted by Gasteiger charge is -2.13. The van der Waals surface area contributed by atoms with Gasteiger partial charge in [-0.15, -0.1) is 10.2 Å². The maximum Gasteiger partial charge on any atom is 0.257 e. The first-order valence-electron chi connectivity index (χ1n) is 8.62. The van der Waals surface area contributed by atoms with Crippen LogP contribution in [0.3, 0.4) is 0 Å². The average molecular weight is 399 g/mol. The molecular formula is C20H21N3O4S. The summed E-state index contributed by atoms with van der Waals surface area (Å²) in [5.74, 6) is 0.923. The lowest BCUT2D eigenvalue weighted by molar-refractivity contribution is 0.102. The number of aromatic nitrogens is 2. The van der Waals surface area contributed by atoms with Crippen molar-refractivity contribution in [2.24, 2.45) is 0 Å². The van der Waals surface area contributed by atoms with Crippen LogP contribution in [-0.4, -0.2) is 37.4 Å². The number of benzene rings is 2. The predicted octanol–water partition coefficient (Wildman–Crippen LogP) is 3.60. The molecule has 2 aromatic carbocycles. The standard InChI is InChI=1S/C20H21N3O4S/c1-25-15-11-14(12-16(26-2)18(15)27-3)19(24)21-20-23-22-17(28-20)10-9-13-7-5-4-6-8-13/h4-8,11-12H,9-10H2,1-3H3,(H,21,23,24). The van der Waals surface area contributed by atoms with Gasteiger partial charge < -0.3 is 14.2 Å². The number of rotatable bonds is 8. The average Bonchev–Trinajstić information content (AvgIpc) is 3.19. The van der Waals surface area contributed by atoms with Crippen LogP contribution in [0.5, 0.6) is 17.2 Å². The molecule has 0 aliphatic carbocycles. The van der Waals surface area contributed by atoms with Gasteiger partial charge in [-0.1, -0.05) is 41.7 Å². The Kier molecular flexibility index (Phi) is 6.44. The number of nitrogens with one attached hydrogen (secondary N) is 1. The smallest absolute Gasteiger partial charge is 0.257 e. The second kappa shape index (κ2) is 9.18. The Morgan fingerprint density at radius 2 is 1.64 bits per heavy atom. The fourth-order valence-electron chi connectivity index (χ4n) is 2.68. The highest BCUT2D eigenvalue weighted by Crippen LogP contribution is 2.38. The van der Waals surface area contributed by atoms with E-state index in [2.05, 4.69) is 27.6 Å². The van der Waals surface area contributed by atoms with Crippen LogP contribution in [0.1, 0.15) is 20.9 Å². The summed E-state index contributed by atoms with van der Waals surface area (Å²) in [6, 6.07) is 13.4. The molecule has 0 saturated heterocycles. The molecule has 0 bridgehead atoms. The minimum atomic E-state index is -0.329. The summed E-state index contributed by atoms with van der Waals surface area (Å²) in [5.41, 5.74) is 1.61. The number of ether oxygens (including phenoxy) is 3. The molecule has 1 amide bonds. The number of aryl methyl sites for hydroxylation is 2. The van der Waals surface area contributed by atoms with Crippen LogP contribution in [0.4, 0.5) is 5.13 Å². The SMILES string of the molecule is COc1cc(C(=O)Nc2nnc(CCc3ccccc3)s2)cc(OC)c1OC. The minimum absolute atomic E-state index is 0.329. The fourth-order valence-corrected chi connectivity index (χ4v) is 3.42. The van der Waals surface area contributed by atoms with E-state index >= 15 is 0 Å². The molecule has 3 aromatic rings. The highest BCUT2D eigenvalue weighted by atomic mass is 32.1. The Morgan fingerprint density at radius 3 is 2.25 bits per heavy atom. The quantitative estimate of drug-likeness (QED) is 0.623. The first kappa shape index (κ1) is 19.6. The zero-order chi connectivity index (χ0) is 19.9. The van der Waals surface area contributed by atoms with Gasteiger partial charge in [-0.2, -0.15) is 0 Å². The van der Waals surface area contributed by atoms with E-state index < -0.39 is 0 Å². The summed E-state index contributed by atoms with van der Waals surface area (Å²) < 4.78 is 15.9. The maximum absolute atomic E-state index is 12.6. The number of amides is 1. The molecule has 1 N–H and O–H groups in total. The summed E-state index contributed by atoms with van der Waals surface area (Å²) in [6.45, 7) is 0. The first-order valence-corrected chi connectivity index (χ1v) is 9.44. The number of anilines is 1. The van der Waals surface area contributed by atoms with E-state index in [0.29, 0.717) is 27.9 Å². The van der Waals surface area contributed by atoms with E-state index in [-0.39, 0.29) is 5.91 Å². The topological polar surface area (TPSA) is 82.6 Å². The molecule has 0 unspecified atom stereocenters. The summed E-state index contributed by atoms with van der Waals surface area (Å²) in [4.78, 5) is 12.6. The zero-order valence-corrected chi connectivity index (χ0v) is 16.7. The summed E-state index contributed by atoms with van der Waals surface area (Å²) >= 11 is 1.36. The molecule has 7 nitrogen and oxygen atoms in total. The molecule has 28 heavy (non-hydrogen) atoms. The van der Waals surface area contributed by atoms with E-state index in [1.807, 2.05) is 18.2 Å². The molecule has 1 aromatic heterocycles. The monoisotopic (exact) mass is 399 g/mol. The number of nitrogens with zero attached hydrogens (tertiary/aromatic N) is 2. The molecule has 0 aliphatic rings. The Hall–Kier alpha value is -3.13. The van der Waals surface area contributed by atoms with E-state index in [1.165, 1.54) is 38.2 Å². The van der Waals surface area contributed by atoms with Crippen molar-refractivity contribution in [2.45, 2.75) is 12.8 Å². The number of carbonyl (C=O) groups is 1. The largest absolute Gasteiger partial charge is 0.493 e. The van der Waals surface area contributed by atoms with Gasteiger partial charge in [0.25, 0.3) is 5.91 Å². The molecule has 0 radical (unpaired) electrons. The van der Waals surface area contributed by atoms with Crippen molar-refractivity contribution < 1.29 is 19.0 Å². The molecule has 0 spiro atoms. The molecule has 3 rings (SSSR count). The van der Waals surface area contributed by atoms with Gasteiger partial charge >= 0.3 is 0 Å². The Balaban J connectivity index is 1.69. The fraction of sp³-hybridized carbons (Fsp3) is 0.250. The van der Waals surface area contributed by atoms with Gasteiger partial charge in [0.15, 0.2) is 11.5 Å². The van der Waals surface area contributed by atoms with Crippen molar-refractivity contribution in [2.75, 3.05) is 26.6 Å². The van der Waals surface area contributed by atoms with Crippen LogP contribution in [-0.2, 0) is 12.8 Å². The Bertz CT molecular complexity index is 919. The molecule has 8 heteroatoms. The maximum atomic E-state index is 12.6. The highest BCUT2D eigenvalue weighted by Gasteiger charge is 2.18. The van der Waals surface area contributed by atoms with Gasteiger partial charge in [0, 0.05) is 12.0 Å². The minimum Gasteiger partial charge on any atom is -0.493 e. The molecule has 1 heterocycles. The van der Waals surface area contributed by atoms with Gasteiger partial charge in [0.2, 0.25) is 10.9 Å². The van der Waals surface area contributed by atoms with Gasteiger partial charge in [0.1, 0.15) is 5.01 Å². The lowest BCUT2D eigenvalue weighted by atomic mass is 10.1. The Labute approximate surface area is 167 Å². The molecular weight excluding hydrogens is 378 g/mol. The van der Waals surface area contributed by atoms with Crippen molar-refractivity contribution in [3.63, 3.8) is 0 Å². The van der Waals surface area contributed by atoms with Crippen molar-refractivity contribution >= 4 is 22.4 Å². The third-order valence-corrected chi connectivity index (χ3v) is 4.98. The third-order valence-electron chi connectivity index (χ3n) is 4.08. The molecule has 0 aliphatic heterocycles. The van der Waals surface area contributed by atoms with E-state index in [9.17, 15) is 4.79 Å². The van der Waals surface area contributed by atoms with Gasteiger partial charge in [-0.05, 0) is 24.1 Å². The predicted molar refractivity (Wildman–Crippen MR) is 108 cm³/mol. The van der Waals surface area contributed by atoms with Crippen molar-refractivity contribution in [3.05, 3.63) is 58.6 Å². The lowest BCUT2D eigenvalue weighted by Crippen LogP contribution is -2.12. The first-order chi connectivity index (χ1) is 13.6. The zero-order valence-electron chi connectivity index (χ0n) is 15.9. The van der Waals surface area contributed by atoms with Gasteiger partial charge in [0.05, 0.1) is 21.3 Å². The van der Waals surface area contributed by atoms with Crippen LogP contribution in [0.25, 0.3) is 0 Å². The molecule has 0 fully saturated rings. The number of hydrogen-bond donors (Lipinski definition) is 1. The van der Waals surface area contributed by atoms with E-state index in [1.54, 1.807) is 12.1 Å². The van der Waals surface area contributed by atoms with Crippen molar-refractivity contribution in [1.82, 2.24) is 10.2 Å². The summed E-state index contributed by atoms with van der Waals surface area (Å²) in [6.07, 6.45) is 1.64. The number of methoxy groups -OCH3 is 3. The van der Waals surface area contributed by atoms with Crippen LogP contribution in [0.2, 0.25) is 0 Å². The highest BCUT2D eigenvalue weighted by molar-refractivity contribution is 7.15. The number of carbonyl (C=O) groups excluding carboxylic acids is 1. The van der Waals surface area contributed by atoms with Gasteiger partial charge in [-0.3, -0.25) is 10.1 Å². The van der Waals surface area contributed by atoms with Crippen LogP contribution < -0.4 is 19.5 Å². The summed E-state index contributed by atoms with van der Waals surface area (Å²) in [5, 5.41) is 12.3. The normalized spacial score (nSPS) is 10.4. The molecule has 0 saturated carbocycles. The van der Waals surface area contributed by atoms with Crippen molar-refractivity contribution in [1.29, 1.82) is 0 Å². The molecule has 0 atom stereocenters. The van der Waals surface area contributed by atoms with E-state index in [4.69, 9.17) is 14.2 Å². The second-order valence-electron chi connectivity index (χ2n) is 5.85. The Morgan fingerprint density at radius 1 is 0.964 bits per heavy atom. The third kappa shape index (κ3) is 4.58. The summed E-state index contributed by atoms with van der Waals surface area (Å²) in [7, 11) is 4.52. The molecule has 146 valence electrons.